The Hall–Kier alpha value is -0.270. The van der Waals surface area contributed by atoms with E-state index < -0.39 is 0 Å². The van der Waals surface area contributed by atoms with Crippen molar-refractivity contribution in [2.45, 2.75) is 12.5 Å². The van der Waals surface area contributed by atoms with Crippen LogP contribution >= 0.6 is 43.2 Å². The minimum absolute atomic E-state index is 0.0810. The molecule has 2 heterocycles. The monoisotopic (exact) mass is 375 g/mol. The third kappa shape index (κ3) is 3.35. The van der Waals surface area contributed by atoms with Crippen molar-refractivity contribution in [3.05, 3.63) is 49.3 Å². The normalized spacial score (nSPS) is 12.6. The lowest BCUT2D eigenvalue weighted by Crippen LogP contribution is -2.29. The number of halogens is 2. The Morgan fingerprint density at radius 3 is 2.76 bits per heavy atom. The molecule has 2 rings (SSSR count). The molecule has 2 aromatic heterocycles. The molecule has 6 heteroatoms. The van der Waals surface area contributed by atoms with Gasteiger partial charge in [0.15, 0.2) is 0 Å². The summed E-state index contributed by atoms with van der Waals surface area (Å²) in [6, 6.07) is 8.05. The summed E-state index contributed by atoms with van der Waals surface area (Å²) in [5, 5.41) is 0. The molecule has 0 saturated carbocycles. The fraction of sp³-hybridized carbons (Fsp3) is 0.182. The molecule has 0 fully saturated rings. The van der Waals surface area contributed by atoms with E-state index >= 15 is 0 Å². The maximum atomic E-state index is 5.61. The van der Waals surface area contributed by atoms with E-state index in [2.05, 4.69) is 48.3 Å². The maximum Gasteiger partial charge on any atom is 0.0843 e. The van der Waals surface area contributed by atoms with Crippen LogP contribution in [0.3, 0.4) is 0 Å². The molecule has 0 spiro atoms. The minimum atomic E-state index is 0.0810. The van der Waals surface area contributed by atoms with Crippen molar-refractivity contribution >= 4 is 43.2 Å². The zero-order valence-corrected chi connectivity index (χ0v) is 12.8. The summed E-state index contributed by atoms with van der Waals surface area (Å²) < 4.78 is 2.13. The standard InChI is InChI=1S/C11H11Br2N3S/c12-8-6-10(17-11(8)13)9(16-14)5-7-3-1-2-4-15-7/h1-4,6,9,16H,5,14H2. The Balaban J connectivity index is 2.17. The van der Waals surface area contributed by atoms with Crippen LogP contribution in [0.2, 0.25) is 0 Å². The number of nitrogens with zero attached hydrogens (tertiary/aromatic N) is 1. The van der Waals surface area contributed by atoms with Crippen molar-refractivity contribution in [2.24, 2.45) is 5.84 Å². The van der Waals surface area contributed by atoms with Gasteiger partial charge in [-0.3, -0.25) is 16.3 Å². The first kappa shape index (κ1) is 13.2. The van der Waals surface area contributed by atoms with Crippen molar-refractivity contribution in [2.75, 3.05) is 0 Å². The van der Waals surface area contributed by atoms with Crippen molar-refractivity contribution in [3.8, 4) is 0 Å². The molecule has 3 N–H and O–H groups in total. The molecule has 17 heavy (non-hydrogen) atoms. The largest absolute Gasteiger partial charge is 0.271 e. The van der Waals surface area contributed by atoms with Crippen LogP contribution in [0.1, 0.15) is 16.6 Å². The average molecular weight is 377 g/mol. The molecule has 1 unspecified atom stereocenters. The van der Waals surface area contributed by atoms with Gasteiger partial charge in [-0.15, -0.1) is 11.3 Å². The van der Waals surface area contributed by atoms with Crippen LogP contribution in [0, 0.1) is 0 Å². The first-order chi connectivity index (χ1) is 8.20. The van der Waals surface area contributed by atoms with Gasteiger partial charge in [0.1, 0.15) is 0 Å². The van der Waals surface area contributed by atoms with Crippen LogP contribution in [0.5, 0.6) is 0 Å². The van der Waals surface area contributed by atoms with Crippen LogP contribution in [-0.4, -0.2) is 4.98 Å². The topological polar surface area (TPSA) is 50.9 Å². The molecule has 2 aromatic rings. The van der Waals surface area contributed by atoms with Gasteiger partial charge in [0.2, 0.25) is 0 Å². The fourth-order valence-corrected chi connectivity index (χ4v) is 3.65. The van der Waals surface area contributed by atoms with E-state index in [1.165, 1.54) is 4.88 Å². The number of hydrogen-bond donors (Lipinski definition) is 2. The summed E-state index contributed by atoms with van der Waals surface area (Å²) in [6.45, 7) is 0. The molecule has 3 nitrogen and oxygen atoms in total. The Morgan fingerprint density at radius 1 is 1.41 bits per heavy atom. The van der Waals surface area contributed by atoms with Crippen molar-refractivity contribution in [3.63, 3.8) is 0 Å². The SMILES string of the molecule is NNC(Cc1ccccn1)c1cc(Br)c(Br)s1. The van der Waals surface area contributed by atoms with Crippen molar-refractivity contribution in [1.82, 2.24) is 10.4 Å². The van der Waals surface area contributed by atoms with Gasteiger partial charge in [-0.2, -0.15) is 0 Å². The molecule has 0 saturated heterocycles. The lowest BCUT2D eigenvalue weighted by atomic mass is 10.1. The van der Waals surface area contributed by atoms with Gasteiger partial charge in [0.05, 0.1) is 9.83 Å². The van der Waals surface area contributed by atoms with E-state index in [0.717, 1.165) is 20.4 Å². The predicted octanol–water partition coefficient (Wildman–Crippen LogP) is 3.42. The second-order valence-corrected chi connectivity index (χ2v) is 6.77. The van der Waals surface area contributed by atoms with Gasteiger partial charge >= 0.3 is 0 Å². The van der Waals surface area contributed by atoms with E-state index in [-0.39, 0.29) is 6.04 Å². The number of nitrogens with one attached hydrogen (secondary N) is 1. The Kier molecular flexibility index (Phi) is 4.69. The van der Waals surface area contributed by atoms with Gasteiger partial charge in [0, 0.05) is 27.7 Å². The van der Waals surface area contributed by atoms with E-state index in [1.54, 1.807) is 17.5 Å². The molecule has 1 atom stereocenters. The molecule has 0 aliphatic carbocycles. The summed E-state index contributed by atoms with van der Waals surface area (Å²) in [7, 11) is 0. The summed E-state index contributed by atoms with van der Waals surface area (Å²) in [4.78, 5) is 5.48. The fourth-order valence-electron chi connectivity index (χ4n) is 1.50. The molecular weight excluding hydrogens is 366 g/mol. The van der Waals surface area contributed by atoms with E-state index in [0.29, 0.717) is 0 Å². The number of hydrazine groups is 1. The van der Waals surface area contributed by atoms with Crippen LogP contribution in [0.15, 0.2) is 38.7 Å². The molecule has 0 radical (unpaired) electrons. The molecule has 0 aromatic carbocycles. The maximum absolute atomic E-state index is 5.61. The second kappa shape index (κ2) is 6.06. The van der Waals surface area contributed by atoms with Gasteiger partial charge in [-0.05, 0) is 50.1 Å². The molecule has 0 aliphatic heterocycles. The highest BCUT2D eigenvalue weighted by Gasteiger charge is 2.15. The molecule has 90 valence electrons. The molecule has 0 aliphatic rings. The number of aromatic nitrogens is 1. The van der Waals surface area contributed by atoms with Crippen molar-refractivity contribution in [1.29, 1.82) is 0 Å². The third-order valence-corrected chi connectivity index (χ3v) is 5.72. The smallest absolute Gasteiger partial charge is 0.0843 e. The summed E-state index contributed by atoms with van der Waals surface area (Å²) >= 11 is 8.63. The Labute approximate surface area is 121 Å². The number of rotatable bonds is 4. The minimum Gasteiger partial charge on any atom is -0.271 e. The second-order valence-electron chi connectivity index (χ2n) is 3.51. The third-order valence-electron chi connectivity index (χ3n) is 2.35. The number of nitrogens with two attached hydrogens (primary N) is 1. The highest BCUT2D eigenvalue weighted by atomic mass is 79.9. The summed E-state index contributed by atoms with van der Waals surface area (Å²) in [6.07, 6.45) is 2.57. The average Bonchev–Trinajstić information content (AvgIpc) is 2.68. The zero-order chi connectivity index (χ0) is 12.3. The summed E-state index contributed by atoms with van der Waals surface area (Å²) in [5.74, 6) is 5.61. The molecular formula is C11H11Br2N3S. The van der Waals surface area contributed by atoms with Crippen LogP contribution < -0.4 is 11.3 Å². The van der Waals surface area contributed by atoms with Crippen LogP contribution in [0.4, 0.5) is 0 Å². The van der Waals surface area contributed by atoms with E-state index in [1.807, 2.05) is 18.2 Å². The highest BCUT2D eigenvalue weighted by Crippen LogP contribution is 2.36. The predicted molar refractivity (Wildman–Crippen MR) is 77.7 cm³/mol. The number of thiophene rings is 1. The highest BCUT2D eigenvalue weighted by molar-refractivity contribution is 9.13. The van der Waals surface area contributed by atoms with Crippen LogP contribution in [0.25, 0.3) is 0 Å². The Morgan fingerprint density at radius 2 is 2.24 bits per heavy atom. The van der Waals surface area contributed by atoms with E-state index in [9.17, 15) is 0 Å². The zero-order valence-electron chi connectivity index (χ0n) is 8.86. The lowest BCUT2D eigenvalue weighted by Gasteiger charge is -2.13. The number of hydrogen-bond acceptors (Lipinski definition) is 4. The van der Waals surface area contributed by atoms with Gasteiger partial charge < -0.3 is 0 Å². The number of pyridine rings is 1. The quantitative estimate of drug-likeness (QED) is 0.634. The van der Waals surface area contributed by atoms with Gasteiger partial charge in [0.25, 0.3) is 0 Å². The summed E-state index contributed by atoms with van der Waals surface area (Å²) in [5.41, 5.74) is 3.86. The van der Waals surface area contributed by atoms with Gasteiger partial charge in [-0.1, -0.05) is 6.07 Å². The van der Waals surface area contributed by atoms with Crippen LogP contribution in [-0.2, 0) is 6.42 Å². The van der Waals surface area contributed by atoms with E-state index in [4.69, 9.17) is 5.84 Å². The Bertz CT molecular complexity index is 467. The molecule has 0 bridgehead atoms. The van der Waals surface area contributed by atoms with Gasteiger partial charge in [-0.25, -0.2) is 0 Å². The first-order valence-corrected chi connectivity index (χ1v) is 7.41. The molecule has 0 amide bonds. The lowest BCUT2D eigenvalue weighted by molar-refractivity contribution is 0.554. The van der Waals surface area contributed by atoms with Crippen molar-refractivity contribution < 1.29 is 0 Å². The first-order valence-electron chi connectivity index (χ1n) is 5.01.